The van der Waals surface area contributed by atoms with Crippen molar-refractivity contribution in [1.29, 1.82) is 0 Å². The van der Waals surface area contributed by atoms with Gasteiger partial charge in [-0.25, -0.2) is 4.98 Å². The molecule has 3 aromatic rings. The number of rotatable bonds is 5. The minimum atomic E-state index is -0.386. The average molecular weight is 324 g/mol. The summed E-state index contributed by atoms with van der Waals surface area (Å²) in [6.45, 7) is 2.06. The van der Waals surface area contributed by atoms with Gasteiger partial charge in [-0.1, -0.05) is 35.0 Å². The van der Waals surface area contributed by atoms with Gasteiger partial charge in [-0.2, -0.15) is 4.98 Å². The van der Waals surface area contributed by atoms with Crippen molar-refractivity contribution in [2.75, 3.05) is 0 Å². The van der Waals surface area contributed by atoms with Crippen molar-refractivity contribution in [2.24, 2.45) is 5.73 Å². The molecule has 1 aromatic carbocycles. The topological polar surface area (TPSA) is 91.0 Å². The second kappa shape index (κ2) is 5.87. The Bertz CT molecular complexity index is 831. The predicted octanol–water partition coefficient (Wildman–Crippen LogP) is 3.16. The van der Waals surface area contributed by atoms with E-state index in [1.165, 1.54) is 5.56 Å². The number of oxazole rings is 1. The fourth-order valence-electron chi connectivity index (χ4n) is 2.83. The summed E-state index contributed by atoms with van der Waals surface area (Å²) in [6, 6.07) is 8.17. The Morgan fingerprint density at radius 1 is 1.12 bits per heavy atom. The standard InChI is InChI=1S/C18H20N4O2/c1-12-3-5-13(6-4-12)14-11-20-15(23-14)7-8-16-21-17(22-24-16)18(19)9-2-10-18/h3-6,11H,2,7-10,19H2,1H3. The van der Waals surface area contributed by atoms with Gasteiger partial charge in [0.25, 0.3) is 0 Å². The second-order valence-corrected chi connectivity index (χ2v) is 6.51. The molecule has 0 radical (unpaired) electrons. The molecule has 6 heteroatoms. The highest BCUT2D eigenvalue weighted by Crippen LogP contribution is 2.36. The van der Waals surface area contributed by atoms with Gasteiger partial charge in [0.1, 0.15) is 0 Å². The first-order valence-corrected chi connectivity index (χ1v) is 8.26. The Morgan fingerprint density at radius 3 is 2.58 bits per heavy atom. The van der Waals surface area contributed by atoms with Crippen LogP contribution >= 0.6 is 0 Å². The molecule has 1 fully saturated rings. The van der Waals surface area contributed by atoms with E-state index in [1.807, 2.05) is 12.1 Å². The van der Waals surface area contributed by atoms with Gasteiger partial charge in [0.15, 0.2) is 17.5 Å². The molecule has 1 aliphatic carbocycles. The lowest BCUT2D eigenvalue weighted by molar-refractivity contribution is 0.229. The van der Waals surface area contributed by atoms with E-state index < -0.39 is 0 Å². The molecular weight excluding hydrogens is 304 g/mol. The smallest absolute Gasteiger partial charge is 0.227 e. The monoisotopic (exact) mass is 324 g/mol. The molecule has 2 aromatic heterocycles. The first-order valence-electron chi connectivity index (χ1n) is 8.26. The van der Waals surface area contributed by atoms with Crippen molar-refractivity contribution >= 4 is 0 Å². The van der Waals surface area contributed by atoms with Crippen LogP contribution in [0.15, 0.2) is 39.4 Å². The van der Waals surface area contributed by atoms with E-state index >= 15 is 0 Å². The van der Waals surface area contributed by atoms with Crippen molar-refractivity contribution in [2.45, 2.75) is 44.6 Å². The minimum absolute atomic E-state index is 0.386. The first-order chi connectivity index (χ1) is 11.6. The molecular formula is C18H20N4O2. The van der Waals surface area contributed by atoms with Gasteiger partial charge in [-0.15, -0.1) is 0 Å². The van der Waals surface area contributed by atoms with Crippen molar-refractivity contribution in [3.63, 3.8) is 0 Å². The van der Waals surface area contributed by atoms with Crippen LogP contribution in [0.2, 0.25) is 0 Å². The molecule has 4 rings (SSSR count). The summed E-state index contributed by atoms with van der Waals surface area (Å²) in [5.41, 5.74) is 8.06. The summed E-state index contributed by atoms with van der Waals surface area (Å²) in [6.07, 6.45) is 5.93. The molecule has 124 valence electrons. The van der Waals surface area contributed by atoms with Crippen LogP contribution in [0.25, 0.3) is 11.3 Å². The minimum Gasteiger partial charge on any atom is -0.441 e. The Balaban J connectivity index is 1.40. The quantitative estimate of drug-likeness (QED) is 0.775. The maximum absolute atomic E-state index is 6.21. The lowest BCUT2D eigenvalue weighted by Gasteiger charge is -2.34. The molecule has 2 heterocycles. The summed E-state index contributed by atoms with van der Waals surface area (Å²) in [5.74, 6) is 2.64. The van der Waals surface area contributed by atoms with E-state index in [0.29, 0.717) is 30.4 Å². The zero-order valence-corrected chi connectivity index (χ0v) is 13.7. The van der Waals surface area contributed by atoms with Crippen LogP contribution in [-0.4, -0.2) is 15.1 Å². The molecule has 0 amide bonds. The normalized spacial score (nSPS) is 16.1. The van der Waals surface area contributed by atoms with Crippen molar-refractivity contribution < 1.29 is 8.94 Å². The summed E-state index contributed by atoms with van der Waals surface area (Å²) in [7, 11) is 0. The maximum Gasteiger partial charge on any atom is 0.227 e. The fraction of sp³-hybridized carbons (Fsp3) is 0.389. The Hall–Kier alpha value is -2.47. The first kappa shape index (κ1) is 15.1. The van der Waals surface area contributed by atoms with E-state index in [0.717, 1.165) is 30.6 Å². The Morgan fingerprint density at radius 2 is 1.88 bits per heavy atom. The van der Waals surface area contributed by atoms with E-state index in [2.05, 4.69) is 34.2 Å². The molecule has 0 atom stereocenters. The highest BCUT2D eigenvalue weighted by Gasteiger charge is 2.38. The summed E-state index contributed by atoms with van der Waals surface area (Å²) < 4.78 is 11.1. The molecule has 0 aliphatic heterocycles. The van der Waals surface area contributed by atoms with Crippen molar-refractivity contribution in [3.05, 3.63) is 53.6 Å². The van der Waals surface area contributed by atoms with Crippen LogP contribution < -0.4 is 5.73 Å². The van der Waals surface area contributed by atoms with Gasteiger partial charge in [-0.3, -0.25) is 0 Å². The fourth-order valence-corrected chi connectivity index (χ4v) is 2.83. The highest BCUT2D eigenvalue weighted by molar-refractivity contribution is 5.56. The Labute approximate surface area is 140 Å². The van der Waals surface area contributed by atoms with Crippen LogP contribution in [0.4, 0.5) is 0 Å². The summed E-state index contributed by atoms with van der Waals surface area (Å²) in [4.78, 5) is 8.75. The molecule has 2 N–H and O–H groups in total. The van der Waals surface area contributed by atoms with Crippen LogP contribution in [-0.2, 0) is 18.4 Å². The lowest BCUT2D eigenvalue weighted by Crippen LogP contribution is -2.44. The van der Waals surface area contributed by atoms with Gasteiger partial charge < -0.3 is 14.7 Å². The third-order valence-corrected chi connectivity index (χ3v) is 4.60. The van der Waals surface area contributed by atoms with Gasteiger partial charge in [-0.05, 0) is 26.2 Å². The third-order valence-electron chi connectivity index (χ3n) is 4.60. The lowest BCUT2D eigenvalue weighted by atomic mass is 9.77. The van der Waals surface area contributed by atoms with Gasteiger partial charge in [0, 0.05) is 18.4 Å². The number of hydrogen-bond acceptors (Lipinski definition) is 6. The van der Waals surface area contributed by atoms with Gasteiger partial charge in [0.2, 0.25) is 5.89 Å². The average Bonchev–Trinajstić information content (AvgIpc) is 3.21. The summed E-state index contributed by atoms with van der Waals surface area (Å²) in [5, 5.41) is 4.02. The highest BCUT2D eigenvalue weighted by atomic mass is 16.5. The zero-order chi connectivity index (χ0) is 16.6. The number of benzene rings is 1. The second-order valence-electron chi connectivity index (χ2n) is 6.51. The van der Waals surface area contributed by atoms with E-state index in [9.17, 15) is 0 Å². The van der Waals surface area contributed by atoms with Crippen LogP contribution in [0, 0.1) is 6.92 Å². The largest absolute Gasteiger partial charge is 0.441 e. The van der Waals surface area contributed by atoms with Gasteiger partial charge >= 0.3 is 0 Å². The Kier molecular flexibility index (Phi) is 3.69. The van der Waals surface area contributed by atoms with Crippen LogP contribution in [0.3, 0.4) is 0 Å². The molecule has 6 nitrogen and oxygen atoms in total. The van der Waals surface area contributed by atoms with E-state index in [-0.39, 0.29) is 5.54 Å². The molecule has 1 saturated carbocycles. The number of nitrogens with zero attached hydrogens (tertiary/aromatic N) is 3. The number of aromatic nitrogens is 3. The van der Waals surface area contributed by atoms with Crippen molar-refractivity contribution in [1.82, 2.24) is 15.1 Å². The molecule has 0 unspecified atom stereocenters. The number of nitrogens with two attached hydrogens (primary N) is 1. The van der Waals surface area contributed by atoms with Crippen LogP contribution in [0.1, 0.15) is 42.4 Å². The number of hydrogen-bond donors (Lipinski definition) is 1. The predicted molar refractivity (Wildman–Crippen MR) is 88.1 cm³/mol. The van der Waals surface area contributed by atoms with E-state index in [1.54, 1.807) is 6.20 Å². The molecule has 0 bridgehead atoms. The van der Waals surface area contributed by atoms with Crippen molar-refractivity contribution in [3.8, 4) is 11.3 Å². The number of aryl methyl sites for hydroxylation is 3. The maximum atomic E-state index is 6.21. The molecule has 24 heavy (non-hydrogen) atoms. The van der Waals surface area contributed by atoms with Crippen LogP contribution in [0.5, 0.6) is 0 Å². The van der Waals surface area contributed by atoms with Gasteiger partial charge in [0.05, 0.1) is 11.7 Å². The third kappa shape index (κ3) is 2.85. The SMILES string of the molecule is Cc1ccc(-c2cnc(CCc3nc(C4(N)CCC4)no3)o2)cc1. The molecule has 0 saturated heterocycles. The molecule has 0 spiro atoms. The zero-order valence-electron chi connectivity index (χ0n) is 13.7. The van der Waals surface area contributed by atoms with E-state index in [4.69, 9.17) is 14.7 Å². The molecule has 1 aliphatic rings. The summed E-state index contributed by atoms with van der Waals surface area (Å²) >= 11 is 0.